The molecule has 0 radical (unpaired) electrons. The van der Waals surface area contributed by atoms with Gasteiger partial charge in [-0.3, -0.25) is 9.69 Å². The van der Waals surface area contributed by atoms with Crippen LogP contribution in [-0.2, 0) is 22.5 Å². The largest absolute Gasteiger partial charge is 0.444 e. The van der Waals surface area contributed by atoms with Crippen molar-refractivity contribution in [2.75, 3.05) is 19.6 Å². The molecular formula is C28H35ClFN3O3. The molecule has 4 rings (SSSR count). The summed E-state index contributed by atoms with van der Waals surface area (Å²) in [5.74, 6) is -0.257. The average Bonchev–Trinajstić information content (AvgIpc) is 2.82. The number of ether oxygens (including phenoxy) is 1. The quantitative estimate of drug-likeness (QED) is 0.554. The van der Waals surface area contributed by atoms with Crippen LogP contribution in [-0.4, -0.2) is 70.1 Å². The van der Waals surface area contributed by atoms with Gasteiger partial charge in [-0.25, -0.2) is 9.18 Å². The van der Waals surface area contributed by atoms with Gasteiger partial charge in [0.2, 0.25) is 5.91 Å². The second kappa shape index (κ2) is 10.8. The molecule has 2 fully saturated rings. The Morgan fingerprint density at radius 2 is 1.67 bits per heavy atom. The number of amides is 2. The van der Waals surface area contributed by atoms with Crippen molar-refractivity contribution in [3.8, 4) is 0 Å². The first kappa shape index (κ1) is 26.4. The fourth-order valence-corrected chi connectivity index (χ4v) is 5.23. The van der Waals surface area contributed by atoms with E-state index in [1.165, 1.54) is 12.1 Å². The van der Waals surface area contributed by atoms with E-state index in [2.05, 4.69) is 11.8 Å². The molecule has 0 N–H and O–H groups in total. The molecule has 2 heterocycles. The Hall–Kier alpha value is -2.64. The van der Waals surface area contributed by atoms with Crippen molar-refractivity contribution in [1.82, 2.24) is 14.7 Å². The second-order valence-corrected chi connectivity index (χ2v) is 11.2. The third-order valence-corrected chi connectivity index (χ3v) is 7.15. The van der Waals surface area contributed by atoms with Gasteiger partial charge < -0.3 is 14.5 Å². The number of hydrogen-bond donors (Lipinski definition) is 0. The fraction of sp³-hybridized carbons (Fsp3) is 0.500. The number of benzene rings is 2. The number of halogens is 2. The van der Waals surface area contributed by atoms with E-state index in [-0.39, 0.29) is 35.9 Å². The van der Waals surface area contributed by atoms with Crippen LogP contribution in [0.3, 0.4) is 0 Å². The van der Waals surface area contributed by atoms with Crippen LogP contribution in [0.25, 0.3) is 0 Å². The predicted octanol–water partition coefficient (Wildman–Crippen LogP) is 5.13. The second-order valence-electron chi connectivity index (χ2n) is 10.7. The first-order chi connectivity index (χ1) is 17.0. The topological polar surface area (TPSA) is 53.1 Å². The summed E-state index contributed by atoms with van der Waals surface area (Å²) in [6, 6.07) is 13.4. The molecule has 2 aromatic rings. The molecule has 6 nitrogen and oxygen atoms in total. The highest BCUT2D eigenvalue weighted by Crippen LogP contribution is 2.30. The van der Waals surface area contributed by atoms with Crippen molar-refractivity contribution in [2.24, 2.45) is 0 Å². The summed E-state index contributed by atoms with van der Waals surface area (Å²) >= 11 is 6.09. The van der Waals surface area contributed by atoms with Crippen LogP contribution in [0, 0.1) is 5.82 Å². The maximum atomic E-state index is 13.8. The lowest BCUT2D eigenvalue weighted by molar-refractivity contribution is -0.150. The number of piperazine rings is 2. The van der Waals surface area contributed by atoms with E-state index in [0.717, 1.165) is 17.5 Å². The molecule has 0 spiro atoms. The van der Waals surface area contributed by atoms with Gasteiger partial charge in [0.1, 0.15) is 11.4 Å². The zero-order valence-electron chi connectivity index (χ0n) is 21.4. The Balaban J connectivity index is 1.61. The highest BCUT2D eigenvalue weighted by atomic mass is 35.5. The highest BCUT2D eigenvalue weighted by Gasteiger charge is 2.47. The minimum Gasteiger partial charge on any atom is -0.444 e. The van der Waals surface area contributed by atoms with E-state index < -0.39 is 5.60 Å². The molecule has 8 heteroatoms. The molecule has 2 saturated heterocycles. The Bertz CT molecular complexity index is 1070. The van der Waals surface area contributed by atoms with Gasteiger partial charge in [-0.15, -0.1) is 0 Å². The van der Waals surface area contributed by atoms with Crippen LogP contribution in [0.1, 0.15) is 45.2 Å². The SMILES string of the molecule is CC[C@@H]1CN2[C@H](CN(Cc3ccc(F)cc3)C(=O)[C@H]2Cc2ccc(Cl)cc2)CN1C(=O)OC(C)(C)C. The van der Waals surface area contributed by atoms with Crippen molar-refractivity contribution in [3.63, 3.8) is 0 Å². The van der Waals surface area contributed by atoms with Gasteiger partial charge in [-0.2, -0.15) is 0 Å². The average molecular weight is 516 g/mol. The number of carbonyl (C=O) groups excluding carboxylic acids is 2. The highest BCUT2D eigenvalue weighted by molar-refractivity contribution is 6.30. The van der Waals surface area contributed by atoms with E-state index in [1.807, 2.05) is 54.8 Å². The van der Waals surface area contributed by atoms with Crippen molar-refractivity contribution >= 4 is 23.6 Å². The van der Waals surface area contributed by atoms with E-state index in [4.69, 9.17) is 16.3 Å². The third-order valence-electron chi connectivity index (χ3n) is 6.90. The fourth-order valence-electron chi connectivity index (χ4n) is 5.11. The van der Waals surface area contributed by atoms with Crippen molar-refractivity contribution < 1.29 is 18.7 Å². The monoisotopic (exact) mass is 515 g/mol. The Morgan fingerprint density at radius 1 is 1.03 bits per heavy atom. The molecule has 2 aliphatic rings. The molecule has 0 aromatic heterocycles. The molecular weight excluding hydrogens is 481 g/mol. The first-order valence-corrected chi connectivity index (χ1v) is 12.9. The summed E-state index contributed by atoms with van der Waals surface area (Å²) in [6.45, 7) is 9.64. The molecule has 2 aliphatic heterocycles. The standard InChI is InChI=1S/C28H35ClFN3O3/c1-5-23-17-32-24(18-33(23)27(35)36-28(2,3)4)16-31(15-20-8-12-22(30)13-9-20)26(34)25(32)14-19-6-10-21(29)11-7-19/h6-13,23-25H,5,14-18H2,1-4H3/t23-,24-,25-/m1/s1. The minimum atomic E-state index is -0.583. The van der Waals surface area contributed by atoms with Gasteiger partial charge in [0.05, 0.1) is 6.04 Å². The Morgan fingerprint density at radius 3 is 2.28 bits per heavy atom. The van der Waals surface area contributed by atoms with E-state index in [9.17, 15) is 14.0 Å². The van der Waals surface area contributed by atoms with Crippen LogP contribution in [0.5, 0.6) is 0 Å². The van der Waals surface area contributed by atoms with E-state index in [1.54, 1.807) is 12.1 Å². The lowest BCUT2D eigenvalue weighted by Gasteiger charge is -2.53. The van der Waals surface area contributed by atoms with Crippen LogP contribution in [0.2, 0.25) is 5.02 Å². The summed E-state index contributed by atoms with van der Waals surface area (Å²) in [5, 5.41) is 0.654. The van der Waals surface area contributed by atoms with Crippen LogP contribution in [0.15, 0.2) is 48.5 Å². The number of fused-ring (bicyclic) bond motifs is 1. The summed E-state index contributed by atoms with van der Waals surface area (Å²) in [6.07, 6.45) is 1.00. The number of nitrogens with zero attached hydrogens (tertiary/aromatic N) is 3. The molecule has 2 aromatic carbocycles. The van der Waals surface area contributed by atoms with Gasteiger partial charge in [-0.1, -0.05) is 42.8 Å². The Kier molecular flexibility index (Phi) is 7.90. The molecule has 0 saturated carbocycles. The molecule has 3 atom stereocenters. The van der Waals surface area contributed by atoms with Crippen molar-refractivity contribution in [2.45, 2.75) is 70.8 Å². The maximum Gasteiger partial charge on any atom is 0.410 e. The van der Waals surface area contributed by atoms with Crippen LogP contribution in [0.4, 0.5) is 9.18 Å². The molecule has 194 valence electrons. The van der Waals surface area contributed by atoms with Crippen molar-refractivity contribution in [3.05, 3.63) is 70.5 Å². The molecule has 0 unspecified atom stereocenters. The lowest BCUT2D eigenvalue weighted by Crippen LogP contribution is -2.70. The summed E-state index contributed by atoms with van der Waals surface area (Å²) in [5.41, 5.74) is 1.32. The summed E-state index contributed by atoms with van der Waals surface area (Å²) < 4.78 is 19.2. The summed E-state index contributed by atoms with van der Waals surface area (Å²) in [7, 11) is 0. The number of rotatable bonds is 5. The van der Waals surface area contributed by atoms with Gasteiger partial charge >= 0.3 is 6.09 Å². The van der Waals surface area contributed by atoms with Gasteiger partial charge in [0.15, 0.2) is 0 Å². The normalized spacial score (nSPS) is 22.9. The lowest BCUT2D eigenvalue weighted by atomic mass is 9.93. The van der Waals surface area contributed by atoms with Crippen LogP contribution < -0.4 is 0 Å². The number of hydrogen-bond acceptors (Lipinski definition) is 4. The van der Waals surface area contributed by atoms with E-state index in [0.29, 0.717) is 37.6 Å². The summed E-state index contributed by atoms with van der Waals surface area (Å²) in [4.78, 5) is 32.8. The van der Waals surface area contributed by atoms with E-state index >= 15 is 0 Å². The van der Waals surface area contributed by atoms with Gasteiger partial charge in [0.25, 0.3) is 0 Å². The molecule has 0 aliphatic carbocycles. The first-order valence-electron chi connectivity index (χ1n) is 12.6. The zero-order chi connectivity index (χ0) is 26.0. The Labute approximate surface area is 218 Å². The predicted molar refractivity (Wildman–Crippen MR) is 138 cm³/mol. The third kappa shape index (κ3) is 6.19. The molecule has 36 heavy (non-hydrogen) atoms. The molecule has 2 amide bonds. The number of carbonyl (C=O) groups is 2. The maximum absolute atomic E-state index is 13.8. The smallest absolute Gasteiger partial charge is 0.410 e. The minimum absolute atomic E-state index is 0.0317. The zero-order valence-corrected chi connectivity index (χ0v) is 22.2. The van der Waals surface area contributed by atoms with Crippen LogP contribution >= 0.6 is 11.6 Å². The van der Waals surface area contributed by atoms with Gasteiger partial charge in [-0.05, 0) is 69.0 Å². The molecule has 0 bridgehead atoms. The van der Waals surface area contributed by atoms with Gasteiger partial charge in [0, 0.05) is 43.3 Å². The van der Waals surface area contributed by atoms with Crippen molar-refractivity contribution in [1.29, 1.82) is 0 Å².